The van der Waals surface area contributed by atoms with E-state index in [0.717, 1.165) is 22.6 Å². The van der Waals surface area contributed by atoms with E-state index < -0.39 is 0 Å². The first kappa shape index (κ1) is 16.9. The van der Waals surface area contributed by atoms with E-state index in [1.165, 1.54) is 23.9 Å². The van der Waals surface area contributed by atoms with E-state index >= 15 is 0 Å². The van der Waals surface area contributed by atoms with Crippen molar-refractivity contribution in [2.75, 3.05) is 13.9 Å². The molecule has 0 atom stereocenters. The van der Waals surface area contributed by atoms with Crippen molar-refractivity contribution in [3.63, 3.8) is 0 Å². The van der Waals surface area contributed by atoms with Gasteiger partial charge in [0, 0.05) is 22.9 Å². The van der Waals surface area contributed by atoms with Gasteiger partial charge in [-0.1, -0.05) is 17.8 Å². The molecule has 3 aromatic rings. The fraction of sp³-hybridized carbons (Fsp3) is 0.222. The number of hydrogen-bond donors (Lipinski definition) is 0. The fourth-order valence-electron chi connectivity index (χ4n) is 2.77. The van der Waals surface area contributed by atoms with Crippen LogP contribution >= 0.6 is 11.8 Å². The third kappa shape index (κ3) is 3.38. The summed E-state index contributed by atoms with van der Waals surface area (Å²) in [6, 6.07) is 10.6. The normalized spacial score (nSPS) is 13.2. The third-order valence-corrected chi connectivity index (χ3v) is 4.95. The van der Waals surface area contributed by atoms with Crippen LogP contribution in [-0.2, 0) is 17.1 Å². The number of methoxy groups -OCH3 is 1. The average Bonchev–Trinajstić information content (AvgIpc) is 3.14. The van der Waals surface area contributed by atoms with Gasteiger partial charge in [-0.05, 0) is 24.3 Å². The zero-order valence-electron chi connectivity index (χ0n) is 14.0. The Labute approximate surface area is 153 Å². The molecule has 8 heteroatoms. The van der Waals surface area contributed by atoms with Crippen molar-refractivity contribution in [2.24, 2.45) is 0 Å². The lowest BCUT2D eigenvalue weighted by atomic mass is 10.1. The minimum atomic E-state index is -0.303. The molecule has 1 aliphatic heterocycles. The smallest absolute Gasteiger partial charge is 0.195 e. The zero-order chi connectivity index (χ0) is 17.9. The van der Waals surface area contributed by atoms with E-state index in [1.807, 2.05) is 28.8 Å². The van der Waals surface area contributed by atoms with E-state index in [1.54, 1.807) is 13.4 Å². The molecular formula is C18H16FN3O3S. The molecule has 0 saturated heterocycles. The van der Waals surface area contributed by atoms with Crippen LogP contribution in [0.5, 0.6) is 11.5 Å². The van der Waals surface area contributed by atoms with Gasteiger partial charge < -0.3 is 14.2 Å². The van der Waals surface area contributed by atoms with Crippen LogP contribution in [0.2, 0.25) is 0 Å². The van der Waals surface area contributed by atoms with Gasteiger partial charge in [-0.25, -0.2) is 4.39 Å². The van der Waals surface area contributed by atoms with Crippen molar-refractivity contribution in [3.8, 4) is 17.2 Å². The first-order chi connectivity index (χ1) is 12.7. The van der Waals surface area contributed by atoms with Crippen molar-refractivity contribution >= 4 is 11.8 Å². The highest BCUT2D eigenvalue weighted by molar-refractivity contribution is 7.98. The highest BCUT2D eigenvalue weighted by Gasteiger charge is 2.18. The number of hydrogen-bond acceptors (Lipinski definition) is 6. The number of rotatable bonds is 5. The molecule has 0 bridgehead atoms. The van der Waals surface area contributed by atoms with Crippen LogP contribution in [0, 0.1) is 5.82 Å². The molecule has 4 rings (SSSR count). The van der Waals surface area contributed by atoms with Gasteiger partial charge in [0.1, 0.15) is 23.6 Å². The van der Waals surface area contributed by atoms with Gasteiger partial charge >= 0.3 is 0 Å². The Balaban J connectivity index is 1.58. The summed E-state index contributed by atoms with van der Waals surface area (Å²) in [7, 11) is 1.62. The van der Waals surface area contributed by atoms with Gasteiger partial charge in [0.25, 0.3) is 0 Å². The molecule has 2 heterocycles. The lowest BCUT2D eigenvalue weighted by Gasteiger charge is -2.20. The Kier molecular flexibility index (Phi) is 4.77. The van der Waals surface area contributed by atoms with Crippen LogP contribution in [0.15, 0.2) is 47.9 Å². The lowest BCUT2D eigenvalue weighted by Crippen LogP contribution is -2.13. The Morgan fingerprint density at radius 1 is 1.31 bits per heavy atom. The second kappa shape index (κ2) is 7.35. The summed E-state index contributed by atoms with van der Waals surface area (Å²) < 4.78 is 31.8. The highest BCUT2D eigenvalue weighted by Crippen LogP contribution is 2.34. The summed E-state index contributed by atoms with van der Waals surface area (Å²) in [5, 5.41) is 8.87. The number of halogens is 1. The first-order valence-corrected chi connectivity index (χ1v) is 8.92. The van der Waals surface area contributed by atoms with Crippen molar-refractivity contribution in [2.45, 2.75) is 17.5 Å². The molecule has 26 heavy (non-hydrogen) atoms. The molecule has 6 nitrogen and oxygen atoms in total. The SMILES string of the molecule is COc1cccc(-n2cnnc2SCc2cc(F)cc3c2OCOC3)c1. The van der Waals surface area contributed by atoms with E-state index in [9.17, 15) is 4.39 Å². The minimum absolute atomic E-state index is 0.177. The second-order valence-corrected chi connectivity index (χ2v) is 6.58. The average molecular weight is 373 g/mol. The molecule has 0 aliphatic carbocycles. The summed E-state index contributed by atoms with van der Waals surface area (Å²) in [6.07, 6.45) is 1.64. The largest absolute Gasteiger partial charge is 0.497 e. The van der Waals surface area contributed by atoms with Crippen LogP contribution < -0.4 is 9.47 Å². The Hall–Kier alpha value is -2.58. The molecule has 0 amide bonds. The molecule has 0 N–H and O–H groups in total. The van der Waals surface area contributed by atoms with Crippen LogP contribution in [0.1, 0.15) is 11.1 Å². The maximum atomic E-state index is 13.9. The quantitative estimate of drug-likeness (QED) is 0.637. The van der Waals surface area contributed by atoms with Gasteiger partial charge in [0.15, 0.2) is 11.9 Å². The van der Waals surface area contributed by atoms with Crippen LogP contribution in [0.25, 0.3) is 5.69 Å². The Morgan fingerprint density at radius 2 is 2.23 bits per heavy atom. The summed E-state index contributed by atoms with van der Waals surface area (Å²) in [4.78, 5) is 0. The van der Waals surface area contributed by atoms with Crippen molar-refractivity contribution in [3.05, 3.63) is 59.7 Å². The molecule has 0 saturated carbocycles. The van der Waals surface area contributed by atoms with Crippen molar-refractivity contribution < 1.29 is 18.6 Å². The van der Waals surface area contributed by atoms with Crippen molar-refractivity contribution in [1.29, 1.82) is 0 Å². The van der Waals surface area contributed by atoms with E-state index in [0.29, 0.717) is 23.3 Å². The summed E-state index contributed by atoms with van der Waals surface area (Å²) in [5.74, 6) is 1.64. The van der Waals surface area contributed by atoms with Gasteiger partial charge in [-0.3, -0.25) is 4.57 Å². The molecule has 0 spiro atoms. The fourth-order valence-corrected chi connectivity index (χ4v) is 3.66. The van der Waals surface area contributed by atoms with Gasteiger partial charge in [0.2, 0.25) is 0 Å². The number of ether oxygens (including phenoxy) is 3. The van der Waals surface area contributed by atoms with E-state index in [-0.39, 0.29) is 12.6 Å². The zero-order valence-corrected chi connectivity index (χ0v) is 14.8. The maximum absolute atomic E-state index is 13.9. The standard InChI is InChI=1S/C18H16FN3O3S/c1-23-16-4-2-3-15(7-16)22-10-20-21-18(22)26-9-13-6-14(19)5-12-8-24-11-25-17(12)13/h2-7,10H,8-9,11H2,1H3. The first-order valence-electron chi connectivity index (χ1n) is 7.93. The van der Waals surface area contributed by atoms with Gasteiger partial charge in [-0.15, -0.1) is 10.2 Å². The van der Waals surface area contributed by atoms with Gasteiger partial charge in [-0.2, -0.15) is 0 Å². The van der Waals surface area contributed by atoms with Crippen LogP contribution in [0.4, 0.5) is 4.39 Å². The molecule has 2 aromatic carbocycles. The summed E-state index contributed by atoms with van der Waals surface area (Å²) in [6.45, 7) is 0.529. The molecule has 1 aliphatic rings. The molecule has 0 radical (unpaired) electrons. The molecule has 134 valence electrons. The Morgan fingerprint density at radius 3 is 3.12 bits per heavy atom. The topological polar surface area (TPSA) is 58.4 Å². The van der Waals surface area contributed by atoms with E-state index in [2.05, 4.69) is 10.2 Å². The van der Waals surface area contributed by atoms with Crippen LogP contribution in [0.3, 0.4) is 0 Å². The maximum Gasteiger partial charge on any atom is 0.195 e. The van der Waals surface area contributed by atoms with E-state index in [4.69, 9.17) is 14.2 Å². The number of fused-ring (bicyclic) bond motifs is 1. The monoisotopic (exact) mass is 373 g/mol. The Bertz CT molecular complexity index is 932. The number of thioether (sulfide) groups is 1. The minimum Gasteiger partial charge on any atom is -0.497 e. The third-order valence-electron chi connectivity index (χ3n) is 3.96. The molecule has 0 fully saturated rings. The summed E-state index contributed by atoms with van der Waals surface area (Å²) >= 11 is 1.46. The number of benzene rings is 2. The lowest BCUT2D eigenvalue weighted by molar-refractivity contribution is -0.0171. The summed E-state index contributed by atoms with van der Waals surface area (Å²) in [5.41, 5.74) is 2.39. The number of aromatic nitrogens is 3. The molecular weight excluding hydrogens is 357 g/mol. The number of nitrogens with zero attached hydrogens (tertiary/aromatic N) is 3. The van der Waals surface area contributed by atoms with Crippen LogP contribution in [-0.4, -0.2) is 28.7 Å². The predicted octanol–water partition coefficient (Wildman–Crippen LogP) is 3.57. The van der Waals surface area contributed by atoms with Gasteiger partial charge in [0.05, 0.1) is 19.4 Å². The van der Waals surface area contributed by atoms with Crippen molar-refractivity contribution in [1.82, 2.24) is 14.8 Å². The second-order valence-electron chi connectivity index (χ2n) is 5.64. The highest BCUT2D eigenvalue weighted by atomic mass is 32.2. The predicted molar refractivity (Wildman–Crippen MR) is 94.2 cm³/mol. The molecule has 0 unspecified atom stereocenters. The molecule has 1 aromatic heterocycles.